The van der Waals surface area contributed by atoms with Crippen molar-refractivity contribution in [3.63, 3.8) is 0 Å². The number of aromatic nitrogens is 3. The zero-order valence-corrected chi connectivity index (χ0v) is 12.8. The molecule has 0 saturated carbocycles. The van der Waals surface area contributed by atoms with Gasteiger partial charge in [-0.2, -0.15) is 0 Å². The van der Waals surface area contributed by atoms with E-state index in [1.54, 1.807) is 11.8 Å². The number of hydrogen-bond donors (Lipinski definition) is 1. The van der Waals surface area contributed by atoms with Gasteiger partial charge in [-0.25, -0.2) is 9.48 Å². The largest absolute Gasteiger partial charge is 0.496 e. The van der Waals surface area contributed by atoms with Crippen LogP contribution in [0.15, 0.2) is 18.2 Å². The highest BCUT2D eigenvalue weighted by Gasteiger charge is 2.29. The minimum atomic E-state index is -1.07. The van der Waals surface area contributed by atoms with E-state index in [2.05, 4.69) is 10.3 Å². The first-order chi connectivity index (χ1) is 9.75. The van der Waals surface area contributed by atoms with Crippen molar-refractivity contribution in [2.75, 3.05) is 7.11 Å². The molecule has 1 aromatic heterocycles. The summed E-state index contributed by atoms with van der Waals surface area (Å²) in [5.74, 6) is -0.300. The summed E-state index contributed by atoms with van der Waals surface area (Å²) in [4.78, 5) is 11.3. The van der Waals surface area contributed by atoms with Gasteiger partial charge in [0.2, 0.25) is 0 Å². The van der Waals surface area contributed by atoms with Gasteiger partial charge in [0.1, 0.15) is 5.75 Å². The molecule has 0 aliphatic rings. The molecule has 21 heavy (non-hydrogen) atoms. The van der Waals surface area contributed by atoms with Crippen LogP contribution in [0.3, 0.4) is 0 Å². The Balaban J connectivity index is 2.65. The molecule has 0 bridgehead atoms. The first-order valence-electron chi connectivity index (χ1n) is 6.60. The molecule has 2 aromatic rings. The van der Waals surface area contributed by atoms with E-state index in [4.69, 9.17) is 4.74 Å². The molecule has 0 aliphatic carbocycles. The molecule has 1 N–H and O–H groups in total. The summed E-state index contributed by atoms with van der Waals surface area (Å²) in [5, 5.41) is 17.1. The predicted octanol–water partition coefficient (Wildman–Crippen LogP) is 2.58. The summed E-state index contributed by atoms with van der Waals surface area (Å²) in [7, 11) is 1.61. The Bertz CT molecular complexity index is 684. The van der Waals surface area contributed by atoms with Gasteiger partial charge < -0.3 is 9.84 Å². The molecule has 6 nitrogen and oxygen atoms in total. The maximum absolute atomic E-state index is 11.3. The third-order valence-corrected chi connectivity index (χ3v) is 3.21. The van der Waals surface area contributed by atoms with Gasteiger partial charge in [0.25, 0.3) is 0 Å². The van der Waals surface area contributed by atoms with Crippen molar-refractivity contribution in [1.82, 2.24) is 15.0 Å². The second-order valence-corrected chi connectivity index (χ2v) is 5.91. The number of rotatable bonds is 3. The summed E-state index contributed by atoms with van der Waals surface area (Å²) in [6.45, 7) is 7.73. The van der Waals surface area contributed by atoms with Crippen molar-refractivity contribution in [2.45, 2.75) is 33.1 Å². The van der Waals surface area contributed by atoms with E-state index in [1.165, 1.54) is 0 Å². The Kier molecular flexibility index (Phi) is 3.72. The Morgan fingerprint density at radius 1 is 1.33 bits per heavy atom. The Hall–Kier alpha value is -2.37. The number of carboxylic acids is 1. The predicted molar refractivity (Wildman–Crippen MR) is 78.3 cm³/mol. The van der Waals surface area contributed by atoms with Crippen LogP contribution in [-0.2, 0) is 5.41 Å². The molecular weight excluding hydrogens is 270 g/mol. The third-order valence-electron chi connectivity index (χ3n) is 3.21. The molecule has 1 aromatic carbocycles. The average molecular weight is 289 g/mol. The normalized spacial score (nSPS) is 11.5. The van der Waals surface area contributed by atoms with E-state index in [0.29, 0.717) is 5.69 Å². The van der Waals surface area contributed by atoms with Crippen LogP contribution in [0.2, 0.25) is 0 Å². The number of hydrogen-bond acceptors (Lipinski definition) is 4. The van der Waals surface area contributed by atoms with E-state index >= 15 is 0 Å². The lowest BCUT2D eigenvalue weighted by Crippen LogP contribution is -2.21. The Morgan fingerprint density at radius 3 is 2.48 bits per heavy atom. The van der Waals surface area contributed by atoms with E-state index in [0.717, 1.165) is 17.0 Å². The minimum Gasteiger partial charge on any atom is -0.496 e. The van der Waals surface area contributed by atoms with Gasteiger partial charge in [0.05, 0.1) is 18.5 Å². The number of aromatic carboxylic acids is 1. The number of methoxy groups -OCH3 is 1. The van der Waals surface area contributed by atoms with Crippen LogP contribution in [0, 0.1) is 6.92 Å². The fourth-order valence-electron chi connectivity index (χ4n) is 2.27. The van der Waals surface area contributed by atoms with Gasteiger partial charge >= 0.3 is 5.97 Å². The van der Waals surface area contributed by atoms with Gasteiger partial charge in [0.15, 0.2) is 5.69 Å². The van der Waals surface area contributed by atoms with E-state index < -0.39 is 11.4 Å². The van der Waals surface area contributed by atoms with Crippen LogP contribution in [-0.4, -0.2) is 33.2 Å². The zero-order chi connectivity index (χ0) is 15.8. The molecule has 0 spiro atoms. The summed E-state index contributed by atoms with van der Waals surface area (Å²) in [5.41, 5.74) is 1.86. The SMILES string of the molecule is COc1ccc(-n2nnc(C(=O)O)c2C(C)(C)C)cc1C. The molecule has 0 saturated heterocycles. The number of carboxylic acid groups (broad SMARTS) is 1. The number of ether oxygens (including phenoxy) is 1. The summed E-state index contributed by atoms with van der Waals surface area (Å²) in [6, 6.07) is 5.56. The van der Waals surface area contributed by atoms with E-state index in [9.17, 15) is 9.90 Å². The smallest absolute Gasteiger partial charge is 0.358 e. The van der Waals surface area contributed by atoms with Crippen molar-refractivity contribution < 1.29 is 14.6 Å². The Morgan fingerprint density at radius 2 is 2.00 bits per heavy atom. The first kappa shape index (κ1) is 15.0. The van der Waals surface area contributed by atoms with E-state index in [-0.39, 0.29) is 5.69 Å². The van der Waals surface area contributed by atoms with Crippen LogP contribution in [0.25, 0.3) is 5.69 Å². The second-order valence-electron chi connectivity index (χ2n) is 5.91. The van der Waals surface area contributed by atoms with Gasteiger partial charge in [-0.15, -0.1) is 5.10 Å². The number of aryl methyl sites for hydroxylation is 1. The molecule has 112 valence electrons. The molecular formula is C15H19N3O3. The van der Waals surface area contributed by atoms with Gasteiger partial charge in [-0.3, -0.25) is 0 Å². The molecule has 2 rings (SSSR count). The lowest BCUT2D eigenvalue weighted by atomic mass is 9.90. The van der Waals surface area contributed by atoms with Crippen LogP contribution in [0.1, 0.15) is 42.5 Å². The molecule has 6 heteroatoms. The molecule has 0 amide bonds. The lowest BCUT2D eigenvalue weighted by Gasteiger charge is -2.20. The van der Waals surface area contributed by atoms with Gasteiger partial charge in [-0.1, -0.05) is 26.0 Å². The summed E-state index contributed by atoms with van der Waals surface area (Å²) < 4.78 is 6.82. The average Bonchev–Trinajstić information content (AvgIpc) is 2.83. The van der Waals surface area contributed by atoms with Crippen LogP contribution >= 0.6 is 0 Å². The van der Waals surface area contributed by atoms with Crippen molar-refractivity contribution >= 4 is 5.97 Å². The summed E-state index contributed by atoms with van der Waals surface area (Å²) in [6.07, 6.45) is 0. The lowest BCUT2D eigenvalue weighted by molar-refractivity contribution is 0.0687. The number of carbonyl (C=O) groups is 1. The molecule has 0 aliphatic heterocycles. The fourth-order valence-corrected chi connectivity index (χ4v) is 2.27. The molecule has 0 fully saturated rings. The molecule has 0 radical (unpaired) electrons. The van der Waals surface area contributed by atoms with Crippen molar-refractivity contribution in [2.24, 2.45) is 0 Å². The quantitative estimate of drug-likeness (QED) is 0.939. The van der Waals surface area contributed by atoms with Crippen LogP contribution < -0.4 is 4.74 Å². The minimum absolute atomic E-state index is 0.0176. The Labute approximate surface area is 123 Å². The molecule has 0 atom stereocenters. The standard InChI is InChI=1S/C15H19N3O3/c1-9-8-10(6-7-11(9)21-5)18-13(15(2,3)4)12(14(19)20)16-17-18/h6-8H,1-5H3,(H,19,20). The van der Waals surface area contributed by atoms with Crippen LogP contribution in [0.4, 0.5) is 0 Å². The van der Waals surface area contributed by atoms with Gasteiger partial charge in [0, 0.05) is 5.41 Å². The second kappa shape index (κ2) is 5.20. The topological polar surface area (TPSA) is 77.2 Å². The van der Waals surface area contributed by atoms with Crippen LogP contribution in [0.5, 0.6) is 5.75 Å². The maximum Gasteiger partial charge on any atom is 0.358 e. The van der Waals surface area contributed by atoms with Crippen molar-refractivity contribution in [3.8, 4) is 11.4 Å². The molecule has 1 heterocycles. The van der Waals surface area contributed by atoms with Crippen molar-refractivity contribution in [3.05, 3.63) is 35.2 Å². The van der Waals surface area contributed by atoms with Crippen molar-refractivity contribution in [1.29, 1.82) is 0 Å². The molecule has 0 unspecified atom stereocenters. The zero-order valence-electron chi connectivity index (χ0n) is 12.8. The maximum atomic E-state index is 11.3. The third kappa shape index (κ3) is 2.74. The highest BCUT2D eigenvalue weighted by atomic mass is 16.5. The highest BCUT2D eigenvalue weighted by Crippen LogP contribution is 2.28. The summed E-state index contributed by atoms with van der Waals surface area (Å²) >= 11 is 0. The van der Waals surface area contributed by atoms with E-state index in [1.807, 2.05) is 45.9 Å². The number of nitrogens with zero attached hydrogens (tertiary/aromatic N) is 3. The highest BCUT2D eigenvalue weighted by molar-refractivity contribution is 5.87. The van der Waals surface area contributed by atoms with Gasteiger partial charge in [-0.05, 0) is 30.7 Å². The first-order valence-corrected chi connectivity index (χ1v) is 6.60. The number of benzene rings is 1. The fraction of sp³-hybridized carbons (Fsp3) is 0.400. The monoisotopic (exact) mass is 289 g/mol.